The second-order valence-corrected chi connectivity index (χ2v) is 12.9. The predicted molar refractivity (Wildman–Crippen MR) is 162 cm³/mol. The molecule has 0 aliphatic heterocycles. The molecule has 0 saturated heterocycles. The number of rotatable bonds is 7. The lowest BCUT2D eigenvalue weighted by Crippen LogP contribution is -2.31. The highest BCUT2D eigenvalue weighted by Gasteiger charge is 2.30. The van der Waals surface area contributed by atoms with E-state index in [2.05, 4.69) is 15.4 Å². The maximum Gasteiger partial charge on any atom is 0.285 e. The lowest BCUT2D eigenvalue weighted by Gasteiger charge is -2.21. The van der Waals surface area contributed by atoms with Crippen molar-refractivity contribution in [3.8, 4) is 11.4 Å². The molecule has 0 bridgehead atoms. The van der Waals surface area contributed by atoms with Crippen LogP contribution < -0.4 is 15.6 Å². The van der Waals surface area contributed by atoms with Crippen molar-refractivity contribution in [2.24, 2.45) is 7.05 Å². The quantitative estimate of drug-likeness (QED) is 0.258. The second-order valence-electron chi connectivity index (χ2n) is 10.8. The number of carbonyl (C=O) groups excluding carboxylic acids is 1. The first-order chi connectivity index (χ1) is 19.9. The number of fused-ring (bicyclic) bond motifs is 2. The van der Waals surface area contributed by atoms with Crippen molar-refractivity contribution in [3.63, 3.8) is 0 Å². The van der Waals surface area contributed by atoms with Crippen molar-refractivity contribution < 1.29 is 13.2 Å². The molecule has 1 atom stereocenters. The summed E-state index contributed by atoms with van der Waals surface area (Å²) in [7, 11) is -1.97. The van der Waals surface area contributed by atoms with Crippen molar-refractivity contribution in [2.75, 3.05) is 11.6 Å². The van der Waals surface area contributed by atoms with Gasteiger partial charge in [0.2, 0.25) is 10.0 Å². The molecule has 1 fully saturated rings. The predicted octanol–water partition coefficient (Wildman–Crippen LogP) is 4.50. The number of halogens is 1. The number of nitrogens with zero attached hydrogens (tertiary/aromatic N) is 5. The van der Waals surface area contributed by atoms with Crippen molar-refractivity contribution in [3.05, 3.63) is 81.0 Å². The van der Waals surface area contributed by atoms with Crippen molar-refractivity contribution in [2.45, 2.75) is 38.8 Å². The Kier molecular flexibility index (Phi) is 6.77. The molecule has 42 heavy (non-hydrogen) atoms. The maximum absolute atomic E-state index is 14.0. The highest BCUT2D eigenvalue weighted by Crippen LogP contribution is 2.38. The third kappa shape index (κ3) is 5.35. The first-order valence-corrected chi connectivity index (χ1v) is 15.6. The minimum absolute atomic E-state index is 0.0328. The molecule has 0 unspecified atom stereocenters. The molecule has 11 nitrogen and oxygen atoms in total. The molecule has 2 aromatic carbocycles. The molecule has 1 aliphatic rings. The average Bonchev–Trinajstić information content (AvgIpc) is 3.67. The molecular weight excluding hydrogens is 578 g/mol. The van der Waals surface area contributed by atoms with Crippen LogP contribution in [-0.2, 0) is 17.1 Å². The van der Waals surface area contributed by atoms with Gasteiger partial charge in [0.25, 0.3) is 11.5 Å². The molecule has 1 aliphatic carbocycles. The Balaban J connectivity index is 1.49. The standard InChI is InChI=1S/C29H28ClN7O4S/c1-15-11-20(16(2)31-23-9-10-24(30)32-26(23)28(38)35-42(4,40)41)25-21(12-15)29(39)37(19-6-7-19)27(33-25)17-5-8-22-18(13-17)14-36(3)34-22/h5,8-14,16,19,31H,6-7H2,1-4H3,(H,35,38)/t16-/m1/s1. The fourth-order valence-electron chi connectivity index (χ4n) is 5.23. The van der Waals surface area contributed by atoms with Crippen LogP contribution in [0.3, 0.4) is 0 Å². The molecule has 3 heterocycles. The first-order valence-electron chi connectivity index (χ1n) is 13.3. The van der Waals surface area contributed by atoms with Crippen LogP contribution >= 0.6 is 11.6 Å². The second kappa shape index (κ2) is 10.2. The summed E-state index contributed by atoms with van der Waals surface area (Å²) >= 11 is 6.04. The van der Waals surface area contributed by atoms with Crippen LogP contribution in [0.4, 0.5) is 5.69 Å². The minimum Gasteiger partial charge on any atom is -0.377 e. The average molecular weight is 606 g/mol. The van der Waals surface area contributed by atoms with Gasteiger partial charge in [-0.3, -0.25) is 18.8 Å². The van der Waals surface area contributed by atoms with Crippen LogP contribution in [0, 0.1) is 6.92 Å². The number of amides is 1. The summed E-state index contributed by atoms with van der Waals surface area (Å²) in [5.41, 5.74) is 3.80. The molecule has 3 aromatic heterocycles. The monoisotopic (exact) mass is 605 g/mol. The topological polar surface area (TPSA) is 141 Å². The normalized spacial score (nSPS) is 14.3. The SMILES string of the molecule is Cc1cc([C@@H](C)Nc2ccc(Cl)nc2C(=O)NS(C)(=O)=O)c2nc(-c3ccc4nn(C)cc4c3)n(C3CC3)c(=O)c2c1. The number of anilines is 1. The van der Waals surface area contributed by atoms with Gasteiger partial charge in [-0.2, -0.15) is 5.10 Å². The van der Waals surface area contributed by atoms with E-state index in [1.807, 2.05) is 62.1 Å². The van der Waals surface area contributed by atoms with Crippen LogP contribution in [0.5, 0.6) is 0 Å². The van der Waals surface area contributed by atoms with E-state index in [9.17, 15) is 18.0 Å². The van der Waals surface area contributed by atoms with Gasteiger partial charge in [-0.15, -0.1) is 0 Å². The van der Waals surface area contributed by atoms with Gasteiger partial charge in [0.15, 0.2) is 5.69 Å². The van der Waals surface area contributed by atoms with Gasteiger partial charge in [0.05, 0.1) is 34.4 Å². The molecular formula is C29H28ClN7O4S. The van der Waals surface area contributed by atoms with E-state index in [-0.39, 0.29) is 28.1 Å². The maximum atomic E-state index is 14.0. The van der Waals surface area contributed by atoms with E-state index in [4.69, 9.17) is 16.6 Å². The summed E-state index contributed by atoms with van der Waals surface area (Å²) in [5, 5.41) is 9.20. The van der Waals surface area contributed by atoms with Gasteiger partial charge in [-0.05, 0) is 68.7 Å². The van der Waals surface area contributed by atoms with Crippen molar-refractivity contribution in [1.29, 1.82) is 0 Å². The summed E-state index contributed by atoms with van der Waals surface area (Å²) in [5.74, 6) is -0.332. The van der Waals surface area contributed by atoms with Gasteiger partial charge in [0.1, 0.15) is 11.0 Å². The Hall–Kier alpha value is -4.29. The zero-order chi connectivity index (χ0) is 29.9. The molecule has 0 spiro atoms. The highest BCUT2D eigenvalue weighted by molar-refractivity contribution is 7.89. The Morgan fingerprint density at radius 3 is 2.60 bits per heavy atom. The Bertz CT molecular complexity index is 2080. The minimum atomic E-state index is -3.83. The number of pyridine rings is 1. The number of sulfonamides is 1. The van der Waals surface area contributed by atoms with Crippen molar-refractivity contribution in [1.82, 2.24) is 29.0 Å². The molecule has 13 heteroatoms. The van der Waals surface area contributed by atoms with Crippen LogP contribution in [0.25, 0.3) is 33.2 Å². The van der Waals surface area contributed by atoms with Gasteiger partial charge >= 0.3 is 0 Å². The van der Waals surface area contributed by atoms with E-state index in [1.54, 1.807) is 15.3 Å². The summed E-state index contributed by atoms with van der Waals surface area (Å²) in [6, 6.07) is 12.3. The number of hydrogen-bond donors (Lipinski definition) is 2. The molecule has 1 saturated carbocycles. The summed E-state index contributed by atoms with van der Waals surface area (Å²) < 4.78 is 28.9. The molecule has 216 valence electrons. The number of aromatic nitrogens is 5. The Morgan fingerprint density at radius 1 is 1.12 bits per heavy atom. The Labute approximate surface area is 246 Å². The lowest BCUT2D eigenvalue weighted by atomic mass is 10.0. The van der Waals surface area contributed by atoms with Crippen molar-refractivity contribution >= 4 is 55.0 Å². The number of hydrogen-bond acceptors (Lipinski definition) is 8. The zero-order valence-electron chi connectivity index (χ0n) is 23.3. The van der Waals surface area contributed by atoms with E-state index < -0.39 is 22.0 Å². The molecule has 0 radical (unpaired) electrons. The van der Waals surface area contributed by atoms with Gasteiger partial charge in [-0.1, -0.05) is 17.7 Å². The van der Waals surface area contributed by atoms with E-state index >= 15 is 0 Å². The smallest absolute Gasteiger partial charge is 0.285 e. The third-order valence-corrected chi connectivity index (χ3v) is 7.93. The lowest BCUT2D eigenvalue weighted by molar-refractivity contribution is 0.0977. The zero-order valence-corrected chi connectivity index (χ0v) is 24.9. The van der Waals surface area contributed by atoms with Gasteiger partial charge < -0.3 is 5.32 Å². The van der Waals surface area contributed by atoms with Gasteiger partial charge in [0, 0.05) is 35.8 Å². The number of benzene rings is 2. The van der Waals surface area contributed by atoms with Crippen LogP contribution in [0.1, 0.15) is 53.5 Å². The summed E-state index contributed by atoms with van der Waals surface area (Å²) in [4.78, 5) is 35.9. The fraction of sp³-hybridized carbons (Fsp3) is 0.276. The molecule has 5 aromatic rings. The van der Waals surface area contributed by atoms with E-state index in [0.717, 1.165) is 46.7 Å². The van der Waals surface area contributed by atoms with Crippen LogP contribution in [-0.4, -0.2) is 44.9 Å². The highest BCUT2D eigenvalue weighted by atomic mass is 35.5. The van der Waals surface area contributed by atoms with Gasteiger partial charge in [-0.25, -0.2) is 23.1 Å². The summed E-state index contributed by atoms with van der Waals surface area (Å²) in [6.07, 6.45) is 4.63. The Morgan fingerprint density at radius 2 is 1.88 bits per heavy atom. The number of aryl methyl sites for hydroxylation is 2. The molecule has 6 rings (SSSR count). The van der Waals surface area contributed by atoms with E-state index in [1.165, 1.54) is 6.07 Å². The molecule has 1 amide bonds. The number of carbonyl (C=O) groups is 1. The molecule has 2 N–H and O–H groups in total. The summed E-state index contributed by atoms with van der Waals surface area (Å²) in [6.45, 7) is 3.78. The fourth-order valence-corrected chi connectivity index (χ4v) is 5.81. The van der Waals surface area contributed by atoms with Crippen LogP contribution in [0.15, 0.2) is 53.5 Å². The third-order valence-electron chi connectivity index (χ3n) is 7.16. The van der Waals surface area contributed by atoms with Crippen LogP contribution in [0.2, 0.25) is 5.15 Å². The number of nitrogens with one attached hydrogen (secondary N) is 2. The first kappa shape index (κ1) is 27.9. The largest absolute Gasteiger partial charge is 0.377 e. The van der Waals surface area contributed by atoms with E-state index in [0.29, 0.717) is 16.7 Å².